The van der Waals surface area contributed by atoms with Gasteiger partial charge >= 0.3 is 11.9 Å². The van der Waals surface area contributed by atoms with Crippen LogP contribution in [0.3, 0.4) is 0 Å². The summed E-state index contributed by atoms with van der Waals surface area (Å²) < 4.78 is 10.1. The molecule has 0 spiro atoms. The first-order valence-electron chi connectivity index (χ1n) is 13.0. The summed E-state index contributed by atoms with van der Waals surface area (Å²) in [5.74, 6) is -2.56. The van der Waals surface area contributed by atoms with Gasteiger partial charge in [0.05, 0.1) is 11.4 Å². The van der Waals surface area contributed by atoms with Crippen molar-refractivity contribution in [3.05, 3.63) is 97.1 Å². The molecule has 8 heteroatoms. The Morgan fingerprint density at radius 1 is 0.575 bits per heavy atom. The van der Waals surface area contributed by atoms with E-state index >= 15 is 0 Å². The van der Waals surface area contributed by atoms with E-state index in [4.69, 9.17) is 9.47 Å². The number of ether oxygens (including phenoxy) is 2. The molecule has 204 valence electrons. The molecule has 0 aliphatic carbocycles. The molecule has 0 bridgehead atoms. The maximum atomic E-state index is 12.8. The molecule has 0 unspecified atom stereocenters. The quantitative estimate of drug-likeness (QED) is 0.207. The van der Waals surface area contributed by atoms with E-state index in [1.54, 1.807) is 0 Å². The van der Waals surface area contributed by atoms with Gasteiger partial charge in [0.25, 0.3) is 11.8 Å². The molecule has 0 aliphatic heterocycles. The van der Waals surface area contributed by atoms with Crippen LogP contribution in [0.5, 0.6) is 0 Å². The van der Waals surface area contributed by atoms with Crippen molar-refractivity contribution in [2.75, 3.05) is 36.1 Å². The molecule has 0 heterocycles. The Balaban J connectivity index is 1.29. The fourth-order valence-corrected chi connectivity index (χ4v) is 4.50. The van der Waals surface area contributed by atoms with Crippen molar-refractivity contribution in [3.63, 3.8) is 0 Å². The summed E-state index contributed by atoms with van der Waals surface area (Å²) in [5, 5.41) is 3.79. The maximum absolute atomic E-state index is 12.8. The third-order valence-electron chi connectivity index (χ3n) is 6.38. The van der Waals surface area contributed by atoms with E-state index in [0.29, 0.717) is 13.1 Å². The zero-order valence-electron chi connectivity index (χ0n) is 22.4. The number of carbonyl (C=O) groups excluding carboxylic acids is 4. The summed E-state index contributed by atoms with van der Waals surface area (Å²) in [7, 11) is 0. The first-order valence-corrected chi connectivity index (χ1v) is 13.0. The predicted octanol–water partition coefficient (Wildman–Crippen LogP) is 5.04. The molecule has 8 nitrogen and oxygen atoms in total. The van der Waals surface area contributed by atoms with Crippen LogP contribution in [0.2, 0.25) is 0 Å². The van der Waals surface area contributed by atoms with Gasteiger partial charge in [-0.2, -0.15) is 0 Å². The van der Waals surface area contributed by atoms with Gasteiger partial charge in [-0.15, -0.1) is 0 Å². The molecule has 0 aliphatic rings. The van der Waals surface area contributed by atoms with Gasteiger partial charge in [-0.25, -0.2) is 9.59 Å². The van der Waals surface area contributed by atoms with Crippen LogP contribution in [-0.4, -0.2) is 50.1 Å². The Morgan fingerprint density at radius 3 is 1.35 bits per heavy atom. The molecular formula is C32H30N2O6. The zero-order chi connectivity index (χ0) is 28.5. The van der Waals surface area contributed by atoms with Crippen LogP contribution in [0, 0.1) is 0 Å². The first-order chi connectivity index (χ1) is 19.4. The van der Waals surface area contributed by atoms with Gasteiger partial charge in [0.15, 0.2) is 13.2 Å². The summed E-state index contributed by atoms with van der Waals surface area (Å²) in [6.45, 7) is 3.44. The number of nitrogens with zero attached hydrogens (tertiary/aromatic N) is 2. The second-order valence-electron chi connectivity index (χ2n) is 8.82. The Labute approximate surface area is 232 Å². The molecule has 4 rings (SSSR count). The van der Waals surface area contributed by atoms with E-state index in [1.165, 1.54) is 9.80 Å². The van der Waals surface area contributed by atoms with Crippen LogP contribution in [-0.2, 0) is 28.7 Å². The highest BCUT2D eigenvalue weighted by Crippen LogP contribution is 2.28. The van der Waals surface area contributed by atoms with Gasteiger partial charge in [-0.3, -0.25) is 9.59 Å². The van der Waals surface area contributed by atoms with Crippen LogP contribution >= 0.6 is 0 Å². The van der Waals surface area contributed by atoms with Crippen molar-refractivity contribution >= 4 is 56.7 Å². The van der Waals surface area contributed by atoms with Crippen LogP contribution in [0.25, 0.3) is 21.5 Å². The minimum absolute atomic E-state index is 0.383. The number of amides is 2. The molecule has 0 aromatic heterocycles. The van der Waals surface area contributed by atoms with E-state index in [-0.39, 0.29) is 0 Å². The van der Waals surface area contributed by atoms with E-state index < -0.39 is 37.0 Å². The van der Waals surface area contributed by atoms with Crippen molar-refractivity contribution < 1.29 is 28.7 Å². The van der Waals surface area contributed by atoms with Gasteiger partial charge in [0.2, 0.25) is 0 Å². The minimum Gasteiger partial charge on any atom is -0.452 e. The van der Waals surface area contributed by atoms with Crippen molar-refractivity contribution in [1.29, 1.82) is 0 Å². The lowest BCUT2D eigenvalue weighted by atomic mass is 10.1. The standard InChI is InChI=1S/C32H30N2O6/c1-3-33(27-17-9-13-23-11-5-7-15-25(23)27)29(35)21-39-31(37)19-20-32(38)40-22-30(36)34(4-2)28-18-10-14-24-12-6-8-16-26(24)28/h5-20H,3-4,21-22H2,1-2H3. The lowest BCUT2D eigenvalue weighted by molar-refractivity contribution is -0.144. The number of carbonyl (C=O) groups is 4. The molecule has 40 heavy (non-hydrogen) atoms. The normalized spacial score (nSPS) is 10.9. The molecular weight excluding hydrogens is 508 g/mol. The molecule has 0 saturated carbocycles. The van der Waals surface area contributed by atoms with Gasteiger partial charge in [0, 0.05) is 36.0 Å². The van der Waals surface area contributed by atoms with Crippen LogP contribution < -0.4 is 9.80 Å². The average Bonchev–Trinajstić information content (AvgIpc) is 2.99. The molecule has 0 fully saturated rings. The third-order valence-corrected chi connectivity index (χ3v) is 6.38. The number of anilines is 2. The van der Waals surface area contributed by atoms with E-state index in [9.17, 15) is 19.2 Å². The van der Waals surface area contributed by atoms with E-state index in [0.717, 1.165) is 45.1 Å². The maximum Gasteiger partial charge on any atom is 0.331 e. The number of fused-ring (bicyclic) bond motifs is 2. The van der Waals surface area contributed by atoms with Crippen molar-refractivity contribution in [2.24, 2.45) is 0 Å². The molecule has 0 N–H and O–H groups in total. The van der Waals surface area contributed by atoms with E-state index in [2.05, 4.69) is 0 Å². The number of rotatable bonds is 10. The smallest absolute Gasteiger partial charge is 0.331 e. The van der Waals surface area contributed by atoms with Crippen molar-refractivity contribution in [2.45, 2.75) is 13.8 Å². The van der Waals surface area contributed by atoms with Gasteiger partial charge < -0.3 is 19.3 Å². The number of esters is 2. The molecule has 2 amide bonds. The highest BCUT2D eigenvalue weighted by Gasteiger charge is 2.19. The predicted molar refractivity (Wildman–Crippen MR) is 155 cm³/mol. The van der Waals surface area contributed by atoms with Crippen LogP contribution in [0.1, 0.15) is 13.8 Å². The number of likely N-dealkylation sites (N-methyl/N-ethyl adjacent to an activating group) is 2. The Hall–Kier alpha value is -4.98. The summed E-state index contributed by atoms with van der Waals surface area (Å²) in [6.07, 6.45) is 1.74. The Bertz CT molecular complexity index is 1450. The molecule has 0 saturated heterocycles. The SMILES string of the molecule is CCN(C(=O)COC(=O)C=CC(=O)OCC(=O)N(CC)c1cccc2ccccc12)c1cccc2ccccc12. The molecule has 0 atom stereocenters. The van der Waals surface area contributed by atoms with Crippen molar-refractivity contribution in [3.8, 4) is 0 Å². The fraction of sp³-hybridized carbons (Fsp3) is 0.188. The first kappa shape index (κ1) is 28.0. The second kappa shape index (κ2) is 13.2. The summed E-state index contributed by atoms with van der Waals surface area (Å²) in [4.78, 5) is 53.0. The van der Waals surface area contributed by atoms with Crippen molar-refractivity contribution in [1.82, 2.24) is 0 Å². The lowest BCUT2D eigenvalue weighted by Gasteiger charge is -2.22. The average molecular weight is 539 g/mol. The zero-order valence-corrected chi connectivity index (χ0v) is 22.4. The highest BCUT2D eigenvalue weighted by molar-refractivity contribution is 6.06. The van der Waals surface area contributed by atoms with Crippen LogP contribution in [0.4, 0.5) is 11.4 Å². The summed E-state index contributed by atoms with van der Waals surface area (Å²) in [6, 6.07) is 26.7. The Morgan fingerprint density at radius 2 is 0.950 bits per heavy atom. The fourth-order valence-electron chi connectivity index (χ4n) is 4.50. The monoisotopic (exact) mass is 538 g/mol. The number of hydrogen-bond acceptors (Lipinski definition) is 6. The van der Waals surface area contributed by atoms with E-state index in [1.807, 2.05) is 98.8 Å². The van der Waals surface area contributed by atoms with Gasteiger partial charge in [-0.1, -0.05) is 72.8 Å². The summed E-state index contributed by atoms with van der Waals surface area (Å²) in [5.41, 5.74) is 1.44. The number of hydrogen-bond donors (Lipinski definition) is 0. The van der Waals surface area contributed by atoms with Crippen LogP contribution in [0.15, 0.2) is 97.1 Å². The molecule has 4 aromatic rings. The summed E-state index contributed by atoms with van der Waals surface area (Å²) >= 11 is 0. The van der Waals surface area contributed by atoms with Gasteiger partial charge in [-0.05, 0) is 36.8 Å². The highest BCUT2D eigenvalue weighted by atomic mass is 16.5. The third kappa shape index (κ3) is 6.53. The molecule has 0 radical (unpaired) electrons. The largest absolute Gasteiger partial charge is 0.452 e. The second-order valence-corrected chi connectivity index (χ2v) is 8.82. The topological polar surface area (TPSA) is 93.2 Å². The molecule has 4 aromatic carbocycles. The minimum atomic E-state index is -0.878. The van der Waals surface area contributed by atoms with Gasteiger partial charge in [0.1, 0.15) is 0 Å². The lowest BCUT2D eigenvalue weighted by Crippen LogP contribution is -2.34. The number of benzene rings is 4. The Kier molecular flexibility index (Phi) is 9.25.